The monoisotopic (exact) mass is 318 g/mol. The molecule has 20 heavy (non-hydrogen) atoms. The summed E-state index contributed by atoms with van der Waals surface area (Å²) >= 11 is 0. The SMILES string of the molecule is CCCNS(=O)(=O)c1ccccc1NCCCS(C)=O. The van der Waals surface area contributed by atoms with E-state index in [4.69, 9.17) is 0 Å². The first-order valence-electron chi connectivity index (χ1n) is 6.60. The van der Waals surface area contributed by atoms with Crippen molar-refractivity contribution in [2.45, 2.75) is 24.7 Å². The Kier molecular flexibility index (Phi) is 7.18. The van der Waals surface area contributed by atoms with Crippen molar-refractivity contribution in [1.82, 2.24) is 4.72 Å². The molecular weight excluding hydrogens is 296 g/mol. The van der Waals surface area contributed by atoms with E-state index in [9.17, 15) is 12.6 Å². The quantitative estimate of drug-likeness (QED) is 0.678. The molecule has 0 bridgehead atoms. The summed E-state index contributed by atoms with van der Waals surface area (Å²) in [6.07, 6.45) is 3.14. The molecule has 5 nitrogen and oxygen atoms in total. The zero-order chi connectivity index (χ0) is 15.0. The van der Waals surface area contributed by atoms with Gasteiger partial charge < -0.3 is 5.32 Å². The lowest BCUT2D eigenvalue weighted by Crippen LogP contribution is -2.25. The molecular formula is C13H22N2O3S2. The van der Waals surface area contributed by atoms with Gasteiger partial charge in [0.05, 0.1) is 5.69 Å². The van der Waals surface area contributed by atoms with Crippen LogP contribution in [-0.4, -0.2) is 37.7 Å². The average molecular weight is 318 g/mol. The lowest BCUT2D eigenvalue weighted by Gasteiger charge is -2.12. The molecule has 1 rings (SSSR count). The highest BCUT2D eigenvalue weighted by Crippen LogP contribution is 2.20. The maximum absolute atomic E-state index is 12.2. The highest BCUT2D eigenvalue weighted by Gasteiger charge is 2.16. The van der Waals surface area contributed by atoms with Gasteiger partial charge in [0, 0.05) is 35.9 Å². The Morgan fingerprint density at radius 3 is 2.55 bits per heavy atom. The molecule has 114 valence electrons. The molecule has 0 aliphatic carbocycles. The molecule has 0 heterocycles. The number of anilines is 1. The van der Waals surface area contributed by atoms with E-state index < -0.39 is 20.8 Å². The number of rotatable bonds is 9. The van der Waals surface area contributed by atoms with Crippen LogP contribution in [-0.2, 0) is 20.8 Å². The van der Waals surface area contributed by atoms with E-state index in [1.165, 1.54) is 0 Å². The van der Waals surface area contributed by atoms with Crippen LogP contribution in [0.1, 0.15) is 19.8 Å². The van der Waals surface area contributed by atoms with Crippen molar-refractivity contribution < 1.29 is 12.6 Å². The van der Waals surface area contributed by atoms with Gasteiger partial charge in [-0.1, -0.05) is 19.1 Å². The lowest BCUT2D eigenvalue weighted by molar-refractivity contribution is 0.581. The maximum atomic E-state index is 12.2. The van der Waals surface area contributed by atoms with E-state index in [2.05, 4.69) is 10.0 Å². The van der Waals surface area contributed by atoms with Crippen LogP contribution in [0.25, 0.3) is 0 Å². The van der Waals surface area contributed by atoms with Gasteiger partial charge >= 0.3 is 0 Å². The average Bonchev–Trinajstić information content (AvgIpc) is 2.41. The third kappa shape index (κ3) is 5.60. The van der Waals surface area contributed by atoms with Crippen molar-refractivity contribution in [2.24, 2.45) is 0 Å². The summed E-state index contributed by atoms with van der Waals surface area (Å²) in [5, 5.41) is 3.10. The third-order valence-corrected chi connectivity index (χ3v) is 5.03. The van der Waals surface area contributed by atoms with Crippen LogP contribution in [0.4, 0.5) is 5.69 Å². The van der Waals surface area contributed by atoms with Crippen LogP contribution in [0.5, 0.6) is 0 Å². The van der Waals surface area contributed by atoms with Gasteiger partial charge in [0.15, 0.2) is 0 Å². The Hall–Kier alpha value is -0.920. The number of nitrogens with one attached hydrogen (secondary N) is 2. The number of hydrogen-bond donors (Lipinski definition) is 2. The summed E-state index contributed by atoms with van der Waals surface area (Å²) in [4.78, 5) is 0.256. The van der Waals surface area contributed by atoms with Crippen LogP contribution >= 0.6 is 0 Å². The fourth-order valence-corrected chi connectivity index (χ4v) is 3.53. The van der Waals surface area contributed by atoms with Crippen molar-refractivity contribution in [3.05, 3.63) is 24.3 Å². The minimum Gasteiger partial charge on any atom is -0.384 e. The molecule has 0 amide bonds. The van der Waals surface area contributed by atoms with E-state index in [0.717, 1.165) is 12.8 Å². The van der Waals surface area contributed by atoms with Crippen LogP contribution in [0.2, 0.25) is 0 Å². The zero-order valence-corrected chi connectivity index (χ0v) is 13.5. The van der Waals surface area contributed by atoms with Gasteiger partial charge in [-0.15, -0.1) is 0 Å². The molecule has 1 atom stereocenters. The van der Waals surface area contributed by atoms with Crippen LogP contribution in [0, 0.1) is 0 Å². The van der Waals surface area contributed by atoms with Crippen molar-refractivity contribution in [3.8, 4) is 0 Å². The molecule has 0 fully saturated rings. The van der Waals surface area contributed by atoms with Gasteiger partial charge in [-0.3, -0.25) is 4.21 Å². The Balaban J connectivity index is 2.75. The summed E-state index contributed by atoms with van der Waals surface area (Å²) in [6, 6.07) is 6.81. The van der Waals surface area contributed by atoms with Gasteiger partial charge in [0.2, 0.25) is 10.0 Å². The fourth-order valence-electron chi connectivity index (χ4n) is 1.66. The van der Waals surface area contributed by atoms with Crippen LogP contribution < -0.4 is 10.0 Å². The molecule has 0 aliphatic rings. The first-order valence-corrected chi connectivity index (χ1v) is 9.81. The second kappa shape index (κ2) is 8.39. The Bertz CT molecular complexity index is 544. The minimum absolute atomic E-state index is 0.256. The summed E-state index contributed by atoms with van der Waals surface area (Å²) in [6.45, 7) is 2.93. The standard InChI is InChI=1S/C13H22N2O3S2/c1-3-9-15-20(17,18)13-8-5-4-7-12(13)14-10-6-11-19(2)16/h4-5,7-8,14-15H,3,6,9-11H2,1-2H3. The molecule has 0 saturated carbocycles. The fraction of sp³-hybridized carbons (Fsp3) is 0.538. The van der Waals surface area contributed by atoms with E-state index in [1.54, 1.807) is 30.5 Å². The first kappa shape index (κ1) is 17.1. The Labute approximate surface area is 123 Å². The number of para-hydroxylation sites is 1. The van der Waals surface area contributed by atoms with Gasteiger partial charge in [0.25, 0.3) is 0 Å². The second-order valence-electron chi connectivity index (χ2n) is 4.45. The molecule has 1 aromatic rings. The molecule has 1 aromatic carbocycles. The zero-order valence-electron chi connectivity index (χ0n) is 11.9. The molecule has 0 saturated heterocycles. The molecule has 0 aliphatic heterocycles. The highest BCUT2D eigenvalue weighted by atomic mass is 32.2. The molecule has 0 spiro atoms. The topological polar surface area (TPSA) is 75.3 Å². The second-order valence-corrected chi connectivity index (χ2v) is 7.74. The van der Waals surface area contributed by atoms with Crippen molar-refractivity contribution in [1.29, 1.82) is 0 Å². The summed E-state index contributed by atoms with van der Waals surface area (Å²) in [5.41, 5.74) is 0.581. The summed E-state index contributed by atoms with van der Waals surface area (Å²) < 4.78 is 37.8. The molecule has 0 radical (unpaired) electrons. The largest absolute Gasteiger partial charge is 0.384 e. The van der Waals surface area contributed by atoms with Gasteiger partial charge in [-0.2, -0.15) is 0 Å². The third-order valence-electron chi connectivity index (χ3n) is 2.64. The number of sulfonamides is 1. The molecule has 0 aromatic heterocycles. The van der Waals surface area contributed by atoms with E-state index in [-0.39, 0.29) is 4.90 Å². The van der Waals surface area contributed by atoms with Crippen molar-refractivity contribution >= 4 is 26.5 Å². The van der Waals surface area contributed by atoms with E-state index in [1.807, 2.05) is 6.92 Å². The molecule has 1 unspecified atom stereocenters. The predicted octanol–water partition coefficient (Wildman–Crippen LogP) is 1.56. The normalized spacial score (nSPS) is 13.1. The summed E-state index contributed by atoms with van der Waals surface area (Å²) in [5.74, 6) is 0.607. The smallest absolute Gasteiger partial charge is 0.242 e. The van der Waals surface area contributed by atoms with E-state index >= 15 is 0 Å². The van der Waals surface area contributed by atoms with Crippen LogP contribution in [0.3, 0.4) is 0 Å². The van der Waals surface area contributed by atoms with Gasteiger partial charge in [0.1, 0.15) is 4.90 Å². The number of benzene rings is 1. The Morgan fingerprint density at radius 2 is 1.90 bits per heavy atom. The van der Waals surface area contributed by atoms with Crippen molar-refractivity contribution in [2.75, 3.05) is 30.4 Å². The predicted molar refractivity (Wildman–Crippen MR) is 84.0 cm³/mol. The Morgan fingerprint density at radius 1 is 1.20 bits per heavy atom. The van der Waals surface area contributed by atoms with Crippen LogP contribution in [0.15, 0.2) is 29.2 Å². The lowest BCUT2D eigenvalue weighted by atomic mass is 10.3. The van der Waals surface area contributed by atoms with Gasteiger partial charge in [-0.05, 0) is 25.0 Å². The first-order chi connectivity index (χ1) is 9.47. The molecule has 2 N–H and O–H groups in total. The summed E-state index contributed by atoms with van der Waals surface area (Å²) in [7, 11) is -4.30. The minimum atomic E-state index is -3.48. The molecule has 7 heteroatoms. The van der Waals surface area contributed by atoms with Crippen molar-refractivity contribution in [3.63, 3.8) is 0 Å². The van der Waals surface area contributed by atoms with E-state index in [0.29, 0.717) is 24.5 Å². The van der Waals surface area contributed by atoms with Gasteiger partial charge in [-0.25, -0.2) is 13.1 Å². The number of hydrogen-bond acceptors (Lipinski definition) is 4. The maximum Gasteiger partial charge on any atom is 0.242 e. The highest BCUT2D eigenvalue weighted by molar-refractivity contribution is 7.89.